The summed E-state index contributed by atoms with van der Waals surface area (Å²) in [4.78, 5) is 0. The Kier molecular flexibility index (Phi) is 24.8. The zero-order valence-electron chi connectivity index (χ0n) is 21.9. The molecule has 0 aliphatic carbocycles. The van der Waals surface area contributed by atoms with E-state index in [-0.39, 0.29) is 0 Å². The molecule has 0 saturated carbocycles. The highest BCUT2D eigenvalue weighted by Gasteiger charge is 2.08. The molecule has 0 heteroatoms. The molecule has 0 nitrogen and oxygen atoms in total. The quantitative estimate of drug-likeness (QED) is 0.107. The van der Waals surface area contributed by atoms with E-state index in [0.717, 1.165) is 11.8 Å². The van der Waals surface area contributed by atoms with Gasteiger partial charge in [-0.3, -0.25) is 0 Å². The van der Waals surface area contributed by atoms with Crippen molar-refractivity contribution >= 4 is 0 Å². The molecule has 0 spiro atoms. The predicted octanol–water partition coefficient (Wildman–Crippen LogP) is 11.4. The Bertz CT molecular complexity index is 327. The molecule has 0 rings (SSSR count). The van der Waals surface area contributed by atoms with Crippen molar-refractivity contribution in [3.63, 3.8) is 0 Å². The average molecular weight is 421 g/mol. The van der Waals surface area contributed by atoms with Crippen LogP contribution in [0.3, 0.4) is 0 Å². The summed E-state index contributed by atoms with van der Waals surface area (Å²) in [6.45, 7) is 9.39. The normalized spacial score (nSPS) is 13.0. The largest absolute Gasteiger partial charge is 0.0883 e. The molecule has 0 aliphatic heterocycles. The van der Waals surface area contributed by atoms with Crippen molar-refractivity contribution in [3.8, 4) is 0 Å². The summed E-state index contributed by atoms with van der Waals surface area (Å²) in [5.41, 5.74) is 0. The van der Waals surface area contributed by atoms with Crippen LogP contribution >= 0.6 is 0 Å². The third-order valence-corrected chi connectivity index (χ3v) is 6.85. The van der Waals surface area contributed by atoms with Gasteiger partial charge < -0.3 is 0 Å². The maximum Gasteiger partial charge on any atom is -0.0210 e. The molecule has 0 aromatic rings. The van der Waals surface area contributed by atoms with Gasteiger partial charge in [0.25, 0.3) is 0 Å². The molecular formula is C30H60. The van der Waals surface area contributed by atoms with Gasteiger partial charge in [0.15, 0.2) is 0 Å². The lowest BCUT2D eigenvalue weighted by Gasteiger charge is -2.16. The molecule has 0 aromatic heterocycles. The van der Waals surface area contributed by atoms with Crippen LogP contribution in [0.25, 0.3) is 0 Å². The van der Waals surface area contributed by atoms with E-state index in [1.807, 2.05) is 0 Å². The summed E-state index contributed by atoms with van der Waals surface area (Å²) in [6, 6.07) is 0. The molecule has 0 aromatic carbocycles. The van der Waals surface area contributed by atoms with Crippen molar-refractivity contribution in [2.75, 3.05) is 0 Å². The van der Waals surface area contributed by atoms with Crippen molar-refractivity contribution in [1.29, 1.82) is 0 Å². The van der Waals surface area contributed by atoms with Crippen molar-refractivity contribution in [2.24, 2.45) is 11.8 Å². The lowest BCUT2D eigenvalue weighted by molar-refractivity contribution is 0.414. The van der Waals surface area contributed by atoms with Gasteiger partial charge in [-0.15, -0.1) is 0 Å². The van der Waals surface area contributed by atoms with Crippen molar-refractivity contribution < 1.29 is 0 Å². The standard InChI is InChI=1S/C30H60/c1-5-7-9-11-12-13-14-15-16-17-18-19-20-21-22-23-24-26-28-30(29(3)4)27-25-10-8-6-2/h26,28-30H,5-25,27H2,1-4H3. The first kappa shape index (κ1) is 29.7. The summed E-state index contributed by atoms with van der Waals surface area (Å²) in [5, 5.41) is 0. The van der Waals surface area contributed by atoms with E-state index in [0.29, 0.717) is 0 Å². The number of hydrogen-bond donors (Lipinski definition) is 0. The van der Waals surface area contributed by atoms with Gasteiger partial charge in [0.05, 0.1) is 0 Å². The number of hydrogen-bond acceptors (Lipinski definition) is 0. The topological polar surface area (TPSA) is 0 Å². The fourth-order valence-corrected chi connectivity index (χ4v) is 4.54. The maximum absolute atomic E-state index is 2.54. The minimum atomic E-state index is 0.800. The van der Waals surface area contributed by atoms with E-state index >= 15 is 0 Å². The van der Waals surface area contributed by atoms with Crippen LogP contribution in [0.4, 0.5) is 0 Å². The molecule has 0 saturated heterocycles. The molecule has 0 heterocycles. The highest BCUT2D eigenvalue weighted by molar-refractivity contribution is 4.89. The Morgan fingerprint density at radius 3 is 1.23 bits per heavy atom. The molecule has 0 N–H and O–H groups in total. The summed E-state index contributed by atoms with van der Waals surface area (Å²) in [7, 11) is 0. The van der Waals surface area contributed by atoms with E-state index in [1.165, 1.54) is 141 Å². The molecular weight excluding hydrogens is 360 g/mol. The third-order valence-electron chi connectivity index (χ3n) is 6.85. The van der Waals surface area contributed by atoms with Crippen LogP contribution in [0.1, 0.15) is 169 Å². The highest BCUT2D eigenvalue weighted by atomic mass is 14.1. The van der Waals surface area contributed by atoms with Gasteiger partial charge in [0, 0.05) is 0 Å². The van der Waals surface area contributed by atoms with E-state index in [4.69, 9.17) is 0 Å². The maximum atomic E-state index is 2.54. The number of unbranched alkanes of at least 4 members (excludes halogenated alkanes) is 19. The second-order valence-electron chi connectivity index (χ2n) is 10.3. The van der Waals surface area contributed by atoms with Crippen molar-refractivity contribution in [2.45, 2.75) is 169 Å². The Hall–Kier alpha value is -0.260. The second kappa shape index (κ2) is 25.0. The van der Waals surface area contributed by atoms with Gasteiger partial charge in [-0.2, -0.15) is 0 Å². The molecule has 0 fully saturated rings. The van der Waals surface area contributed by atoms with E-state index < -0.39 is 0 Å². The van der Waals surface area contributed by atoms with E-state index in [2.05, 4.69) is 39.8 Å². The zero-order chi connectivity index (χ0) is 22.1. The highest BCUT2D eigenvalue weighted by Crippen LogP contribution is 2.21. The van der Waals surface area contributed by atoms with Gasteiger partial charge in [0.2, 0.25) is 0 Å². The van der Waals surface area contributed by atoms with Gasteiger partial charge in [-0.1, -0.05) is 162 Å². The van der Waals surface area contributed by atoms with Crippen molar-refractivity contribution in [1.82, 2.24) is 0 Å². The summed E-state index contributed by atoms with van der Waals surface area (Å²) >= 11 is 0. The first-order valence-electron chi connectivity index (χ1n) is 14.4. The first-order valence-corrected chi connectivity index (χ1v) is 14.4. The molecule has 1 atom stereocenters. The smallest absolute Gasteiger partial charge is 0.0210 e. The molecule has 0 aliphatic rings. The Labute approximate surface area is 193 Å². The minimum absolute atomic E-state index is 0.800. The van der Waals surface area contributed by atoms with Crippen LogP contribution < -0.4 is 0 Å². The summed E-state index contributed by atoms with van der Waals surface area (Å²) < 4.78 is 0. The molecule has 30 heavy (non-hydrogen) atoms. The molecule has 0 amide bonds. The van der Waals surface area contributed by atoms with Crippen LogP contribution in [-0.2, 0) is 0 Å². The zero-order valence-corrected chi connectivity index (χ0v) is 21.9. The van der Waals surface area contributed by atoms with Gasteiger partial charge in [0.1, 0.15) is 0 Å². The number of rotatable bonds is 24. The summed E-state index contributed by atoms with van der Waals surface area (Å²) in [6.07, 6.45) is 36.7. The van der Waals surface area contributed by atoms with E-state index in [9.17, 15) is 0 Å². The monoisotopic (exact) mass is 420 g/mol. The van der Waals surface area contributed by atoms with Crippen LogP contribution in [0, 0.1) is 11.8 Å². The third kappa shape index (κ3) is 22.4. The lowest BCUT2D eigenvalue weighted by Crippen LogP contribution is -2.05. The predicted molar refractivity (Wildman–Crippen MR) is 140 cm³/mol. The van der Waals surface area contributed by atoms with Crippen LogP contribution in [0.15, 0.2) is 12.2 Å². The molecule has 0 bridgehead atoms. The molecule has 1 unspecified atom stereocenters. The van der Waals surface area contributed by atoms with Gasteiger partial charge in [-0.05, 0) is 31.1 Å². The molecule has 0 radical (unpaired) electrons. The fraction of sp³-hybridized carbons (Fsp3) is 0.933. The fourth-order valence-electron chi connectivity index (χ4n) is 4.54. The van der Waals surface area contributed by atoms with Crippen molar-refractivity contribution in [3.05, 3.63) is 12.2 Å². The van der Waals surface area contributed by atoms with Crippen LogP contribution in [0.2, 0.25) is 0 Å². The number of allylic oxidation sites excluding steroid dienone is 2. The Morgan fingerprint density at radius 2 is 0.833 bits per heavy atom. The minimum Gasteiger partial charge on any atom is -0.0883 e. The Morgan fingerprint density at radius 1 is 0.467 bits per heavy atom. The lowest BCUT2D eigenvalue weighted by atomic mass is 9.89. The van der Waals surface area contributed by atoms with Gasteiger partial charge >= 0.3 is 0 Å². The average Bonchev–Trinajstić information content (AvgIpc) is 2.74. The molecule has 180 valence electrons. The summed E-state index contributed by atoms with van der Waals surface area (Å²) in [5.74, 6) is 1.61. The van der Waals surface area contributed by atoms with Crippen LogP contribution in [0.5, 0.6) is 0 Å². The second-order valence-corrected chi connectivity index (χ2v) is 10.3. The first-order chi connectivity index (χ1) is 14.7. The SMILES string of the molecule is CCCCCCCCCCCCCCCCCCC=CC(CCCCCC)C(C)C. The van der Waals surface area contributed by atoms with E-state index in [1.54, 1.807) is 0 Å². The van der Waals surface area contributed by atoms with Crippen LogP contribution in [-0.4, -0.2) is 0 Å². The van der Waals surface area contributed by atoms with Gasteiger partial charge in [-0.25, -0.2) is 0 Å². The Balaban J connectivity index is 3.35.